The first kappa shape index (κ1) is 15.0. The van der Waals surface area contributed by atoms with Crippen LogP contribution in [-0.2, 0) is 20.7 Å². The van der Waals surface area contributed by atoms with Gasteiger partial charge in [-0.3, -0.25) is 4.79 Å². The lowest BCUT2D eigenvalue weighted by Gasteiger charge is -2.34. The molecule has 2 atom stereocenters. The molecule has 0 aromatic heterocycles. The first-order chi connectivity index (χ1) is 10.7. The summed E-state index contributed by atoms with van der Waals surface area (Å²) in [6.07, 6.45) is 3.11. The average Bonchev–Trinajstić information content (AvgIpc) is 2.55. The maximum Gasteiger partial charge on any atom is 0.326 e. The molecule has 1 saturated heterocycles. The van der Waals surface area contributed by atoms with Crippen molar-refractivity contribution >= 4 is 11.9 Å². The van der Waals surface area contributed by atoms with Crippen LogP contribution in [0, 0.1) is 0 Å². The zero-order valence-electron chi connectivity index (χ0n) is 12.5. The third-order valence-electron chi connectivity index (χ3n) is 4.56. The number of fused-ring (bicyclic) bond motifs is 1. The molecule has 2 aliphatic heterocycles. The second-order valence-corrected chi connectivity index (χ2v) is 5.95. The van der Waals surface area contributed by atoms with Gasteiger partial charge in [0.1, 0.15) is 6.04 Å². The van der Waals surface area contributed by atoms with Crippen molar-refractivity contribution in [3.8, 4) is 0 Å². The van der Waals surface area contributed by atoms with Gasteiger partial charge in [-0.15, -0.1) is 0 Å². The Bertz CT molecular complexity index is 572. The maximum atomic E-state index is 12.6. The normalized spacial score (nSPS) is 24.6. The number of carboxylic acids is 1. The number of piperidine rings is 1. The minimum absolute atomic E-state index is 0.117. The third-order valence-corrected chi connectivity index (χ3v) is 4.56. The van der Waals surface area contributed by atoms with Crippen LogP contribution in [0.4, 0.5) is 0 Å². The number of benzene rings is 1. The molecule has 118 valence electrons. The Morgan fingerprint density at radius 3 is 2.91 bits per heavy atom. The molecule has 1 aromatic carbocycles. The highest BCUT2D eigenvalue weighted by molar-refractivity contribution is 5.84. The Balaban J connectivity index is 1.73. The summed E-state index contributed by atoms with van der Waals surface area (Å²) in [5, 5.41) is 9.30. The molecule has 0 aliphatic carbocycles. The third kappa shape index (κ3) is 2.99. The van der Waals surface area contributed by atoms with Crippen molar-refractivity contribution in [2.24, 2.45) is 0 Å². The van der Waals surface area contributed by atoms with Gasteiger partial charge in [0.25, 0.3) is 0 Å². The highest BCUT2D eigenvalue weighted by Gasteiger charge is 2.34. The standard InChI is InChI=1S/C17H21NO4/c19-16(18-9-4-3-7-14(18)17(20)21)11-15-13-6-2-1-5-12(13)8-10-22-15/h1-2,5-6,14-15H,3-4,7-11H2,(H,20,21)/t14-,15-/m0/s1. The number of carboxylic acid groups (broad SMARTS) is 1. The second kappa shape index (κ2) is 6.48. The topological polar surface area (TPSA) is 66.8 Å². The molecule has 2 heterocycles. The molecule has 0 bridgehead atoms. The van der Waals surface area contributed by atoms with Crippen LogP contribution < -0.4 is 0 Å². The van der Waals surface area contributed by atoms with E-state index < -0.39 is 12.0 Å². The fraction of sp³-hybridized carbons (Fsp3) is 0.529. The Hall–Kier alpha value is -1.88. The Kier molecular flexibility index (Phi) is 4.43. The van der Waals surface area contributed by atoms with Gasteiger partial charge in [-0.2, -0.15) is 0 Å². The van der Waals surface area contributed by atoms with E-state index in [0.717, 1.165) is 24.8 Å². The Morgan fingerprint density at radius 2 is 2.09 bits per heavy atom. The second-order valence-electron chi connectivity index (χ2n) is 5.95. The SMILES string of the molecule is O=C(O)[C@@H]1CCCCN1C(=O)C[C@@H]1OCCc2ccccc21. The number of amides is 1. The molecule has 0 radical (unpaired) electrons. The number of aliphatic carboxylic acids is 1. The van der Waals surface area contributed by atoms with Crippen molar-refractivity contribution in [1.29, 1.82) is 0 Å². The van der Waals surface area contributed by atoms with Crippen LogP contribution in [0.5, 0.6) is 0 Å². The summed E-state index contributed by atoms with van der Waals surface area (Å²) in [5.74, 6) is -1.02. The number of likely N-dealkylation sites (tertiary alicyclic amines) is 1. The quantitative estimate of drug-likeness (QED) is 0.929. The molecular weight excluding hydrogens is 282 g/mol. The van der Waals surface area contributed by atoms with E-state index in [1.54, 1.807) is 0 Å². The highest BCUT2D eigenvalue weighted by atomic mass is 16.5. The largest absolute Gasteiger partial charge is 0.480 e. The molecule has 5 heteroatoms. The van der Waals surface area contributed by atoms with Crippen molar-refractivity contribution in [3.63, 3.8) is 0 Å². The van der Waals surface area contributed by atoms with Crippen molar-refractivity contribution in [3.05, 3.63) is 35.4 Å². The first-order valence-corrected chi connectivity index (χ1v) is 7.88. The number of nitrogens with zero attached hydrogens (tertiary/aromatic N) is 1. The summed E-state index contributed by atoms with van der Waals surface area (Å²) in [5.41, 5.74) is 2.28. The smallest absolute Gasteiger partial charge is 0.326 e. The lowest BCUT2D eigenvalue weighted by molar-refractivity contribution is -0.153. The number of carbonyl (C=O) groups is 2. The molecule has 1 N–H and O–H groups in total. The van der Waals surface area contributed by atoms with E-state index in [0.29, 0.717) is 19.6 Å². The number of hydrogen-bond acceptors (Lipinski definition) is 3. The molecule has 22 heavy (non-hydrogen) atoms. The number of ether oxygens (including phenoxy) is 1. The lowest BCUT2D eigenvalue weighted by Crippen LogP contribution is -2.48. The molecule has 0 spiro atoms. The predicted molar refractivity (Wildman–Crippen MR) is 80.4 cm³/mol. The molecule has 0 saturated carbocycles. The summed E-state index contributed by atoms with van der Waals surface area (Å²) < 4.78 is 5.77. The zero-order valence-corrected chi connectivity index (χ0v) is 12.5. The fourth-order valence-electron chi connectivity index (χ4n) is 3.41. The minimum Gasteiger partial charge on any atom is -0.480 e. The summed E-state index contributed by atoms with van der Waals surface area (Å²) in [6, 6.07) is 7.33. The van der Waals surface area contributed by atoms with Gasteiger partial charge in [-0.25, -0.2) is 4.79 Å². The molecular formula is C17H21NO4. The monoisotopic (exact) mass is 303 g/mol. The van der Waals surface area contributed by atoms with E-state index in [2.05, 4.69) is 6.07 Å². The molecule has 1 aromatic rings. The molecule has 1 fully saturated rings. The van der Waals surface area contributed by atoms with Gasteiger partial charge >= 0.3 is 5.97 Å². The summed E-state index contributed by atoms with van der Waals surface area (Å²) in [6.45, 7) is 1.14. The molecule has 5 nitrogen and oxygen atoms in total. The Morgan fingerprint density at radius 1 is 1.27 bits per heavy atom. The van der Waals surface area contributed by atoms with Crippen LogP contribution in [-0.4, -0.2) is 41.1 Å². The maximum absolute atomic E-state index is 12.6. The summed E-state index contributed by atoms with van der Waals surface area (Å²) in [4.78, 5) is 25.4. The number of carbonyl (C=O) groups excluding carboxylic acids is 1. The van der Waals surface area contributed by atoms with Crippen LogP contribution in [0.15, 0.2) is 24.3 Å². The van der Waals surface area contributed by atoms with Gasteiger partial charge in [0.15, 0.2) is 0 Å². The van der Waals surface area contributed by atoms with Crippen LogP contribution >= 0.6 is 0 Å². The zero-order chi connectivity index (χ0) is 15.5. The van der Waals surface area contributed by atoms with Crippen molar-refractivity contribution in [2.45, 2.75) is 44.2 Å². The minimum atomic E-state index is -0.905. The van der Waals surface area contributed by atoms with E-state index in [4.69, 9.17) is 4.74 Å². The van der Waals surface area contributed by atoms with E-state index in [1.165, 1.54) is 10.5 Å². The van der Waals surface area contributed by atoms with Crippen LogP contribution in [0.1, 0.15) is 42.9 Å². The van der Waals surface area contributed by atoms with Gasteiger partial charge in [0, 0.05) is 6.54 Å². The van der Waals surface area contributed by atoms with Gasteiger partial charge in [0.05, 0.1) is 19.1 Å². The van der Waals surface area contributed by atoms with Gasteiger partial charge in [-0.1, -0.05) is 24.3 Å². The first-order valence-electron chi connectivity index (χ1n) is 7.88. The number of rotatable bonds is 3. The molecule has 1 amide bonds. The van der Waals surface area contributed by atoms with E-state index in [1.807, 2.05) is 18.2 Å². The average molecular weight is 303 g/mol. The predicted octanol–water partition coefficient (Wildman–Crippen LogP) is 2.16. The fourth-order valence-corrected chi connectivity index (χ4v) is 3.41. The van der Waals surface area contributed by atoms with Crippen LogP contribution in [0.3, 0.4) is 0 Å². The van der Waals surface area contributed by atoms with Crippen LogP contribution in [0.25, 0.3) is 0 Å². The number of hydrogen-bond donors (Lipinski definition) is 1. The summed E-state index contributed by atoms with van der Waals surface area (Å²) in [7, 11) is 0. The molecule has 2 aliphatic rings. The van der Waals surface area contributed by atoms with Crippen molar-refractivity contribution in [1.82, 2.24) is 4.90 Å². The van der Waals surface area contributed by atoms with E-state index >= 15 is 0 Å². The molecule has 3 rings (SSSR count). The van der Waals surface area contributed by atoms with Crippen molar-refractivity contribution in [2.75, 3.05) is 13.2 Å². The van der Waals surface area contributed by atoms with Gasteiger partial charge in [-0.05, 0) is 36.8 Å². The summed E-state index contributed by atoms with van der Waals surface area (Å²) >= 11 is 0. The van der Waals surface area contributed by atoms with Crippen LogP contribution in [0.2, 0.25) is 0 Å². The lowest BCUT2D eigenvalue weighted by atomic mass is 9.94. The van der Waals surface area contributed by atoms with E-state index in [-0.39, 0.29) is 18.4 Å². The van der Waals surface area contributed by atoms with Gasteiger partial charge in [0.2, 0.25) is 5.91 Å². The molecule has 0 unspecified atom stereocenters. The highest BCUT2D eigenvalue weighted by Crippen LogP contribution is 2.31. The van der Waals surface area contributed by atoms with Gasteiger partial charge < -0.3 is 14.7 Å². The Labute approximate surface area is 129 Å². The van der Waals surface area contributed by atoms with E-state index in [9.17, 15) is 14.7 Å². The van der Waals surface area contributed by atoms with Crippen molar-refractivity contribution < 1.29 is 19.4 Å².